The van der Waals surface area contributed by atoms with Crippen LogP contribution < -0.4 is 15.4 Å². The normalized spacial score (nSPS) is 14.1. The first kappa shape index (κ1) is 19.3. The molecule has 146 valence electrons. The molecule has 1 amide bonds. The molecule has 0 spiro atoms. The number of nitro benzene ring substituents is 1. The molecule has 0 aliphatic carbocycles. The van der Waals surface area contributed by atoms with E-state index >= 15 is 0 Å². The number of aryl methyl sites for hydroxylation is 1. The Morgan fingerprint density at radius 1 is 1.32 bits per heavy atom. The van der Waals surface area contributed by atoms with E-state index in [0.29, 0.717) is 18.5 Å². The number of nitro groups is 1. The molecule has 0 saturated carbocycles. The molecule has 1 aliphatic heterocycles. The summed E-state index contributed by atoms with van der Waals surface area (Å²) in [6.45, 7) is 0.916. The molecule has 1 heterocycles. The van der Waals surface area contributed by atoms with Crippen LogP contribution in [0.5, 0.6) is 5.75 Å². The van der Waals surface area contributed by atoms with E-state index in [1.807, 2.05) is 29.2 Å². The Labute approximate surface area is 162 Å². The van der Waals surface area contributed by atoms with Gasteiger partial charge in [0.05, 0.1) is 17.1 Å². The van der Waals surface area contributed by atoms with Gasteiger partial charge in [0.1, 0.15) is 11.8 Å². The number of amides is 1. The van der Waals surface area contributed by atoms with Crippen molar-refractivity contribution in [1.82, 2.24) is 0 Å². The van der Waals surface area contributed by atoms with E-state index in [1.54, 1.807) is 0 Å². The van der Waals surface area contributed by atoms with Crippen LogP contribution in [0.25, 0.3) is 0 Å². The van der Waals surface area contributed by atoms with E-state index in [0.717, 1.165) is 25.1 Å². The number of aldehydes is 1. The zero-order chi connectivity index (χ0) is 20.1. The Hall–Kier alpha value is -3.42. The lowest BCUT2D eigenvalue weighted by Crippen LogP contribution is -2.48. The third kappa shape index (κ3) is 4.11. The number of anilines is 1. The summed E-state index contributed by atoms with van der Waals surface area (Å²) in [7, 11) is 0. The summed E-state index contributed by atoms with van der Waals surface area (Å²) in [5, 5.41) is 10.9. The second kappa shape index (κ2) is 8.51. The molecule has 0 radical (unpaired) electrons. The number of fused-ring (bicyclic) bond motifs is 1. The number of nitrogens with zero attached hydrogens (tertiary/aromatic N) is 2. The number of ether oxygens (including phenoxy) is 1. The smallest absolute Gasteiger partial charge is 0.280 e. The zero-order valence-electron chi connectivity index (χ0n) is 15.2. The maximum atomic E-state index is 12.1. The number of hydrogen-bond donors (Lipinski definition) is 1. The van der Waals surface area contributed by atoms with Crippen LogP contribution in [0.15, 0.2) is 42.5 Å². The minimum Gasteiger partial charge on any atom is -0.493 e. The summed E-state index contributed by atoms with van der Waals surface area (Å²) in [6.07, 6.45) is 2.68. The maximum absolute atomic E-state index is 12.1. The van der Waals surface area contributed by atoms with Crippen molar-refractivity contribution in [3.05, 3.63) is 63.7 Å². The van der Waals surface area contributed by atoms with Gasteiger partial charge < -0.3 is 15.4 Å². The molecule has 0 fully saturated rings. The predicted molar refractivity (Wildman–Crippen MR) is 104 cm³/mol. The molecule has 1 atom stereocenters. The lowest BCUT2D eigenvalue weighted by atomic mass is 9.99. The second-order valence-electron chi connectivity index (χ2n) is 6.58. The van der Waals surface area contributed by atoms with Crippen LogP contribution in [0.3, 0.4) is 0 Å². The Kier molecular flexibility index (Phi) is 5.88. The first-order valence-electron chi connectivity index (χ1n) is 9.01. The van der Waals surface area contributed by atoms with E-state index in [9.17, 15) is 19.7 Å². The summed E-state index contributed by atoms with van der Waals surface area (Å²) in [5.74, 6) is -0.104. The Bertz CT molecular complexity index is 899. The van der Waals surface area contributed by atoms with Crippen molar-refractivity contribution >= 4 is 23.6 Å². The number of hydrogen-bond acceptors (Lipinski definition) is 6. The van der Waals surface area contributed by atoms with Crippen LogP contribution in [0.1, 0.15) is 28.8 Å². The van der Waals surface area contributed by atoms with Crippen molar-refractivity contribution in [3.63, 3.8) is 0 Å². The van der Waals surface area contributed by atoms with Crippen LogP contribution in [-0.2, 0) is 11.2 Å². The standard InChI is InChI=1S/C20H21N3O5/c21-20(25)19(22-10-3-5-14-4-1-2-6-17(14)22)9-11-28-16-7-8-18(23(26)27)15(12-16)13-24/h1-2,4,6-8,12-13,19H,3,5,9-11H2,(H2,21,25). The summed E-state index contributed by atoms with van der Waals surface area (Å²) in [4.78, 5) is 35.4. The van der Waals surface area contributed by atoms with E-state index in [1.165, 1.54) is 23.8 Å². The van der Waals surface area contributed by atoms with Gasteiger partial charge in [-0.2, -0.15) is 0 Å². The molecule has 1 unspecified atom stereocenters. The van der Waals surface area contributed by atoms with E-state index in [2.05, 4.69) is 0 Å². The summed E-state index contributed by atoms with van der Waals surface area (Å²) in [6, 6.07) is 11.4. The molecule has 0 aromatic heterocycles. The molecule has 28 heavy (non-hydrogen) atoms. The van der Waals surface area contributed by atoms with Crippen LogP contribution >= 0.6 is 0 Å². The Balaban J connectivity index is 1.70. The van der Waals surface area contributed by atoms with Crippen LogP contribution in [0.4, 0.5) is 11.4 Å². The van der Waals surface area contributed by atoms with Crippen molar-refractivity contribution in [3.8, 4) is 5.75 Å². The highest BCUT2D eigenvalue weighted by atomic mass is 16.6. The van der Waals surface area contributed by atoms with Crippen molar-refractivity contribution in [2.24, 2.45) is 5.73 Å². The van der Waals surface area contributed by atoms with Crippen molar-refractivity contribution in [1.29, 1.82) is 0 Å². The number of carbonyl (C=O) groups excluding carboxylic acids is 2. The van der Waals surface area contributed by atoms with Crippen LogP contribution in [-0.4, -0.2) is 36.3 Å². The molecular formula is C20H21N3O5. The minimum absolute atomic E-state index is 0.0566. The van der Waals surface area contributed by atoms with Gasteiger partial charge in [0.15, 0.2) is 6.29 Å². The molecule has 8 heteroatoms. The summed E-state index contributed by atoms with van der Waals surface area (Å²) >= 11 is 0. The first-order valence-corrected chi connectivity index (χ1v) is 9.01. The predicted octanol–water partition coefficient (Wildman–Crippen LogP) is 2.48. The monoisotopic (exact) mass is 383 g/mol. The molecule has 0 bridgehead atoms. The van der Waals surface area contributed by atoms with Gasteiger partial charge in [-0.1, -0.05) is 18.2 Å². The van der Waals surface area contributed by atoms with Crippen LogP contribution in [0, 0.1) is 10.1 Å². The quantitative estimate of drug-likeness (QED) is 0.425. The molecule has 1 aliphatic rings. The first-order chi connectivity index (χ1) is 13.5. The number of nitrogens with two attached hydrogens (primary N) is 1. The van der Waals surface area contributed by atoms with Gasteiger partial charge in [-0.15, -0.1) is 0 Å². The number of para-hydroxylation sites is 1. The van der Waals surface area contributed by atoms with E-state index in [4.69, 9.17) is 10.5 Å². The fourth-order valence-electron chi connectivity index (χ4n) is 3.51. The molecule has 2 N–H and O–H groups in total. The topological polar surface area (TPSA) is 116 Å². The fraction of sp³-hybridized carbons (Fsp3) is 0.300. The molecular weight excluding hydrogens is 362 g/mol. The summed E-state index contributed by atoms with van der Waals surface area (Å²) < 4.78 is 5.63. The van der Waals surface area contributed by atoms with Crippen molar-refractivity contribution in [2.75, 3.05) is 18.1 Å². The van der Waals surface area contributed by atoms with Gasteiger partial charge in [-0.05, 0) is 36.6 Å². The van der Waals surface area contributed by atoms with Gasteiger partial charge in [-0.25, -0.2) is 0 Å². The average Bonchev–Trinajstić information content (AvgIpc) is 2.70. The highest BCUT2D eigenvalue weighted by Gasteiger charge is 2.28. The van der Waals surface area contributed by atoms with Gasteiger partial charge in [0, 0.05) is 24.7 Å². The molecule has 2 aromatic carbocycles. The number of primary amides is 1. The van der Waals surface area contributed by atoms with Gasteiger partial charge in [0.2, 0.25) is 5.91 Å². The van der Waals surface area contributed by atoms with Gasteiger partial charge in [0.25, 0.3) is 5.69 Å². The zero-order valence-corrected chi connectivity index (χ0v) is 15.2. The van der Waals surface area contributed by atoms with Gasteiger partial charge >= 0.3 is 0 Å². The molecule has 8 nitrogen and oxygen atoms in total. The summed E-state index contributed by atoms with van der Waals surface area (Å²) in [5.41, 5.74) is 7.51. The highest BCUT2D eigenvalue weighted by Crippen LogP contribution is 2.29. The molecule has 0 saturated heterocycles. The Morgan fingerprint density at radius 3 is 2.82 bits per heavy atom. The van der Waals surface area contributed by atoms with E-state index < -0.39 is 16.9 Å². The number of benzene rings is 2. The van der Waals surface area contributed by atoms with Gasteiger partial charge in [-0.3, -0.25) is 19.7 Å². The second-order valence-corrected chi connectivity index (χ2v) is 6.58. The lowest BCUT2D eigenvalue weighted by molar-refractivity contribution is -0.385. The van der Waals surface area contributed by atoms with Crippen molar-refractivity contribution < 1.29 is 19.2 Å². The van der Waals surface area contributed by atoms with Crippen LogP contribution in [0.2, 0.25) is 0 Å². The van der Waals surface area contributed by atoms with E-state index in [-0.39, 0.29) is 17.9 Å². The highest BCUT2D eigenvalue weighted by molar-refractivity contribution is 5.84. The average molecular weight is 383 g/mol. The molecule has 2 aromatic rings. The third-order valence-corrected chi connectivity index (χ3v) is 4.83. The largest absolute Gasteiger partial charge is 0.493 e. The van der Waals surface area contributed by atoms with Crippen molar-refractivity contribution in [2.45, 2.75) is 25.3 Å². The third-order valence-electron chi connectivity index (χ3n) is 4.83. The molecule has 3 rings (SSSR count). The fourth-order valence-corrected chi connectivity index (χ4v) is 3.51. The SMILES string of the molecule is NC(=O)C(CCOc1ccc([N+](=O)[O-])c(C=O)c1)N1CCCc2ccccc21. The maximum Gasteiger partial charge on any atom is 0.280 e. The number of rotatable bonds is 8. The lowest BCUT2D eigenvalue weighted by Gasteiger charge is -2.36. The minimum atomic E-state index is -0.621. The number of carbonyl (C=O) groups is 2. The Morgan fingerprint density at radius 2 is 2.11 bits per heavy atom.